The Bertz CT molecular complexity index is 389. The number of hydrogen-bond donors (Lipinski definition) is 1. The standard InChI is InChI=1S/C14H21BrN2S/c1-18-13-5-8-17(9-6-13)12-3-2-11(4-7-16)14(15)10-12/h2-3,10,13H,4-9,16H2,1H3. The molecule has 0 aliphatic carbocycles. The van der Waals surface area contributed by atoms with Crippen LogP contribution in [0.4, 0.5) is 5.69 Å². The van der Waals surface area contributed by atoms with Gasteiger partial charge in [-0.05, 0) is 49.8 Å². The van der Waals surface area contributed by atoms with Crippen molar-refractivity contribution >= 4 is 33.4 Å². The minimum atomic E-state index is 0.705. The lowest BCUT2D eigenvalue weighted by Crippen LogP contribution is -2.34. The van der Waals surface area contributed by atoms with Crippen LogP contribution in [0.1, 0.15) is 18.4 Å². The van der Waals surface area contributed by atoms with Gasteiger partial charge < -0.3 is 10.6 Å². The topological polar surface area (TPSA) is 29.3 Å². The van der Waals surface area contributed by atoms with Crippen molar-refractivity contribution in [1.82, 2.24) is 0 Å². The molecule has 1 aliphatic rings. The average molecular weight is 329 g/mol. The lowest BCUT2D eigenvalue weighted by Gasteiger charge is -2.33. The predicted molar refractivity (Wildman–Crippen MR) is 85.7 cm³/mol. The molecular formula is C14H21BrN2S. The Morgan fingerprint density at radius 1 is 1.39 bits per heavy atom. The summed E-state index contributed by atoms with van der Waals surface area (Å²) in [6.07, 6.45) is 5.75. The van der Waals surface area contributed by atoms with Gasteiger partial charge in [-0.1, -0.05) is 22.0 Å². The second-order valence-electron chi connectivity index (χ2n) is 4.74. The van der Waals surface area contributed by atoms with E-state index < -0.39 is 0 Å². The van der Waals surface area contributed by atoms with Crippen LogP contribution in [0, 0.1) is 0 Å². The van der Waals surface area contributed by atoms with Crippen molar-refractivity contribution in [2.24, 2.45) is 5.73 Å². The number of nitrogens with zero attached hydrogens (tertiary/aromatic N) is 1. The SMILES string of the molecule is CSC1CCN(c2ccc(CCN)c(Br)c2)CC1. The molecule has 2 N–H and O–H groups in total. The third-order valence-electron chi connectivity index (χ3n) is 3.59. The summed E-state index contributed by atoms with van der Waals surface area (Å²) in [5.41, 5.74) is 8.25. The van der Waals surface area contributed by atoms with Crippen molar-refractivity contribution in [1.29, 1.82) is 0 Å². The monoisotopic (exact) mass is 328 g/mol. The van der Waals surface area contributed by atoms with Crippen molar-refractivity contribution in [2.45, 2.75) is 24.5 Å². The summed E-state index contributed by atoms with van der Waals surface area (Å²) < 4.78 is 1.19. The lowest BCUT2D eigenvalue weighted by atomic mass is 10.1. The van der Waals surface area contributed by atoms with Gasteiger partial charge >= 0.3 is 0 Å². The van der Waals surface area contributed by atoms with Gasteiger partial charge in [-0.2, -0.15) is 11.8 Å². The highest BCUT2D eigenvalue weighted by atomic mass is 79.9. The first-order chi connectivity index (χ1) is 8.74. The molecule has 0 saturated carbocycles. The van der Waals surface area contributed by atoms with Gasteiger partial charge in [0.15, 0.2) is 0 Å². The lowest BCUT2D eigenvalue weighted by molar-refractivity contribution is 0.591. The van der Waals surface area contributed by atoms with E-state index in [9.17, 15) is 0 Å². The fraction of sp³-hybridized carbons (Fsp3) is 0.571. The van der Waals surface area contributed by atoms with Crippen LogP contribution in [0.3, 0.4) is 0 Å². The van der Waals surface area contributed by atoms with Crippen LogP contribution in [0.2, 0.25) is 0 Å². The highest BCUT2D eigenvalue weighted by Crippen LogP contribution is 2.28. The van der Waals surface area contributed by atoms with Crippen LogP contribution in [0.25, 0.3) is 0 Å². The first-order valence-electron chi connectivity index (χ1n) is 6.51. The van der Waals surface area contributed by atoms with E-state index in [1.807, 2.05) is 11.8 Å². The molecule has 100 valence electrons. The van der Waals surface area contributed by atoms with Crippen LogP contribution >= 0.6 is 27.7 Å². The number of benzene rings is 1. The number of nitrogens with two attached hydrogens (primary N) is 1. The van der Waals surface area contributed by atoms with Gasteiger partial charge in [-0.25, -0.2) is 0 Å². The fourth-order valence-electron chi connectivity index (χ4n) is 2.44. The normalized spacial score (nSPS) is 17.2. The highest BCUT2D eigenvalue weighted by molar-refractivity contribution is 9.10. The molecule has 2 rings (SSSR count). The van der Waals surface area contributed by atoms with E-state index in [1.54, 1.807) is 0 Å². The van der Waals surface area contributed by atoms with E-state index in [2.05, 4.69) is 45.3 Å². The number of anilines is 1. The quantitative estimate of drug-likeness (QED) is 0.919. The summed E-state index contributed by atoms with van der Waals surface area (Å²) >= 11 is 5.66. The zero-order valence-corrected chi connectivity index (χ0v) is 13.3. The third-order valence-corrected chi connectivity index (χ3v) is 5.47. The molecule has 1 heterocycles. The van der Waals surface area contributed by atoms with Gasteiger partial charge in [0.1, 0.15) is 0 Å². The smallest absolute Gasteiger partial charge is 0.0377 e. The van der Waals surface area contributed by atoms with Crippen molar-refractivity contribution in [2.75, 3.05) is 30.8 Å². The zero-order valence-electron chi connectivity index (χ0n) is 10.9. The first kappa shape index (κ1) is 14.2. The molecule has 1 aromatic rings. The molecule has 1 aromatic carbocycles. The van der Waals surface area contributed by atoms with Gasteiger partial charge in [0.25, 0.3) is 0 Å². The minimum Gasteiger partial charge on any atom is -0.371 e. The van der Waals surface area contributed by atoms with E-state index in [0.717, 1.165) is 11.7 Å². The Hall–Kier alpha value is -0.190. The molecule has 1 aliphatic heterocycles. The summed E-state index contributed by atoms with van der Waals surface area (Å²) in [5, 5.41) is 0.848. The Labute approximate surface area is 122 Å². The molecule has 0 unspecified atom stereocenters. The molecule has 0 spiro atoms. The number of hydrogen-bond acceptors (Lipinski definition) is 3. The Balaban J connectivity index is 2.03. The fourth-order valence-corrected chi connectivity index (χ4v) is 3.69. The molecule has 0 atom stereocenters. The minimum absolute atomic E-state index is 0.705. The number of rotatable bonds is 4. The van der Waals surface area contributed by atoms with Crippen molar-refractivity contribution in [3.63, 3.8) is 0 Å². The molecule has 4 heteroatoms. The summed E-state index contributed by atoms with van der Waals surface area (Å²) in [5.74, 6) is 0. The summed E-state index contributed by atoms with van der Waals surface area (Å²) in [4.78, 5) is 2.49. The second kappa shape index (κ2) is 6.83. The maximum Gasteiger partial charge on any atom is 0.0377 e. The molecular weight excluding hydrogens is 308 g/mol. The predicted octanol–water partition coefficient (Wildman–Crippen LogP) is 3.28. The molecule has 1 saturated heterocycles. The van der Waals surface area contributed by atoms with Gasteiger partial charge in [0.05, 0.1) is 0 Å². The van der Waals surface area contributed by atoms with Gasteiger partial charge in [-0.15, -0.1) is 0 Å². The third kappa shape index (κ3) is 3.43. The zero-order chi connectivity index (χ0) is 13.0. The Kier molecular flexibility index (Phi) is 5.39. The molecule has 0 amide bonds. The van der Waals surface area contributed by atoms with Crippen molar-refractivity contribution in [3.05, 3.63) is 28.2 Å². The maximum atomic E-state index is 5.61. The first-order valence-corrected chi connectivity index (χ1v) is 8.59. The summed E-state index contributed by atoms with van der Waals surface area (Å²) in [6, 6.07) is 6.67. The molecule has 0 bridgehead atoms. The summed E-state index contributed by atoms with van der Waals surface area (Å²) in [6.45, 7) is 3.05. The van der Waals surface area contributed by atoms with Crippen LogP contribution in [0.15, 0.2) is 22.7 Å². The van der Waals surface area contributed by atoms with Crippen molar-refractivity contribution < 1.29 is 0 Å². The van der Waals surface area contributed by atoms with E-state index in [0.29, 0.717) is 6.54 Å². The van der Waals surface area contributed by atoms with E-state index in [1.165, 1.54) is 41.7 Å². The Morgan fingerprint density at radius 3 is 2.67 bits per heavy atom. The highest BCUT2D eigenvalue weighted by Gasteiger charge is 2.18. The summed E-state index contributed by atoms with van der Waals surface area (Å²) in [7, 11) is 0. The number of piperidine rings is 1. The van der Waals surface area contributed by atoms with Crippen LogP contribution in [-0.4, -0.2) is 31.1 Å². The van der Waals surface area contributed by atoms with E-state index in [-0.39, 0.29) is 0 Å². The average Bonchev–Trinajstić information content (AvgIpc) is 2.41. The van der Waals surface area contributed by atoms with Crippen LogP contribution < -0.4 is 10.6 Å². The number of halogens is 1. The Morgan fingerprint density at radius 2 is 2.11 bits per heavy atom. The number of thioether (sulfide) groups is 1. The molecule has 0 aromatic heterocycles. The van der Waals surface area contributed by atoms with Crippen LogP contribution in [0.5, 0.6) is 0 Å². The maximum absolute atomic E-state index is 5.61. The van der Waals surface area contributed by atoms with Gasteiger partial charge in [0, 0.05) is 28.5 Å². The van der Waals surface area contributed by atoms with Crippen LogP contribution in [-0.2, 0) is 6.42 Å². The van der Waals surface area contributed by atoms with E-state index in [4.69, 9.17) is 5.73 Å². The van der Waals surface area contributed by atoms with Gasteiger partial charge in [-0.3, -0.25) is 0 Å². The largest absolute Gasteiger partial charge is 0.371 e. The molecule has 18 heavy (non-hydrogen) atoms. The van der Waals surface area contributed by atoms with Gasteiger partial charge in [0.2, 0.25) is 0 Å². The molecule has 2 nitrogen and oxygen atoms in total. The molecule has 1 fully saturated rings. The van der Waals surface area contributed by atoms with Crippen molar-refractivity contribution in [3.8, 4) is 0 Å². The second-order valence-corrected chi connectivity index (χ2v) is 6.73. The van der Waals surface area contributed by atoms with E-state index >= 15 is 0 Å². The molecule has 0 radical (unpaired) electrons.